The van der Waals surface area contributed by atoms with Crippen LogP contribution in [0.5, 0.6) is 0 Å². The van der Waals surface area contributed by atoms with Gasteiger partial charge in [0.05, 0.1) is 6.10 Å². The van der Waals surface area contributed by atoms with E-state index in [2.05, 4.69) is 6.92 Å². The number of ether oxygens (including phenoxy) is 1. The third kappa shape index (κ3) is 9.06. The van der Waals surface area contributed by atoms with Gasteiger partial charge in [0.2, 0.25) is 0 Å². The monoisotopic (exact) mass is 375 g/mol. The van der Waals surface area contributed by atoms with E-state index >= 15 is 0 Å². The molecule has 0 N–H and O–H groups in total. The summed E-state index contributed by atoms with van der Waals surface area (Å²) in [6.45, 7) is 3.27. The molecule has 0 aromatic carbocycles. The minimum Gasteiger partial charge on any atom is -0.378 e. The molecule has 0 radical (unpaired) electrons. The van der Waals surface area contributed by atoms with Gasteiger partial charge in [-0.3, -0.25) is 0 Å². The molecule has 3 heteroatoms. The summed E-state index contributed by atoms with van der Waals surface area (Å²) in [7, 11) is 0. The van der Waals surface area contributed by atoms with E-state index in [4.69, 9.17) is 10.00 Å². The van der Waals surface area contributed by atoms with Crippen molar-refractivity contribution in [2.24, 2.45) is 17.8 Å². The number of allylic oxidation sites excluding steroid dienone is 4. The van der Waals surface area contributed by atoms with Gasteiger partial charge in [-0.2, -0.15) is 9.65 Å². The van der Waals surface area contributed by atoms with Gasteiger partial charge in [0.25, 0.3) is 0 Å². The summed E-state index contributed by atoms with van der Waals surface area (Å²) >= 11 is 0. The van der Waals surface area contributed by atoms with Gasteiger partial charge in [-0.05, 0) is 75.2 Å². The molecule has 0 aromatic rings. The Balaban J connectivity index is 1.52. The zero-order valence-corrected chi connectivity index (χ0v) is 17.2. The van der Waals surface area contributed by atoms with Crippen molar-refractivity contribution in [2.45, 2.75) is 96.5 Å². The fraction of sp³-hybridized carbons (Fsp3) is 0.792. The van der Waals surface area contributed by atoms with Crippen LogP contribution in [0.1, 0.15) is 90.4 Å². The van der Waals surface area contributed by atoms with Crippen molar-refractivity contribution in [3.8, 4) is 6.07 Å². The maximum Gasteiger partial charge on any atom is 0.199 e. The van der Waals surface area contributed by atoms with Gasteiger partial charge < -0.3 is 4.74 Å². The van der Waals surface area contributed by atoms with Crippen LogP contribution >= 0.6 is 0 Å². The zero-order chi connectivity index (χ0) is 19.3. The summed E-state index contributed by atoms with van der Waals surface area (Å²) in [5, 5.41) is 8.35. The van der Waals surface area contributed by atoms with E-state index in [0.717, 1.165) is 37.2 Å². The molecular formula is C24H38FNO. The molecule has 0 amide bonds. The number of unbranched alkanes of at least 4 members (excludes halogenated alkanes) is 1. The van der Waals surface area contributed by atoms with Gasteiger partial charge in [-0.15, -0.1) is 0 Å². The molecule has 2 aliphatic carbocycles. The highest BCUT2D eigenvalue weighted by Crippen LogP contribution is 2.34. The van der Waals surface area contributed by atoms with E-state index in [0.29, 0.717) is 6.10 Å². The first-order chi connectivity index (χ1) is 13.2. The first-order valence-electron chi connectivity index (χ1n) is 11.2. The maximum atomic E-state index is 12.7. The molecule has 2 nitrogen and oxygen atoms in total. The number of halogens is 1. The highest BCUT2D eigenvalue weighted by molar-refractivity contribution is 5.18. The van der Waals surface area contributed by atoms with Gasteiger partial charge in [0.15, 0.2) is 5.83 Å². The Labute approximate surface area is 165 Å². The van der Waals surface area contributed by atoms with Crippen LogP contribution in [0.3, 0.4) is 0 Å². The summed E-state index contributed by atoms with van der Waals surface area (Å²) in [5.41, 5.74) is 0. The zero-order valence-electron chi connectivity index (χ0n) is 17.2. The lowest BCUT2D eigenvalue weighted by Gasteiger charge is -2.32. The van der Waals surface area contributed by atoms with Crippen molar-refractivity contribution in [3.63, 3.8) is 0 Å². The predicted octanol–water partition coefficient (Wildman–Crippen LogP) is 7.27. The average Bonchev–Trinajstić information content (AvgIpc) is 2.72. The number of nitriles is 1. The standard InChI is InChI=1S/C24H38FNO/c1-2-3-7-20-10-12-22(13-11-20)19-27-24-16-14-21(15-17-24)8-5-4-6-9-23(25)18-26/h4,6,9,20-22,24H,2-3,5,7-8,10-17,19H2,1H3/t20-,21?,22-,24?. The van der Waals surface area contributed by atoms with Crippen LogP contribution in [0.2, 0.25) is 0 Å². The first kappa shape index (κ1) is 22.2. The van der Waals surface area contributed by atoms with Gasteiger partial charge >= 0.3 is 0 Å². The summed E-state index contributed by atoms with van der Waals surface area (Å²) in [6.07, 6.45) is 22.1. The Morgan fingerprint density at radius 2 is 1.63 bits per heavy atom. The third-order valence-corrected chi connectivity index (χ3v) is 6.52. The SMILES string of the molecule is CCCC[C@H]1CC[C@H](COC2CCC(CCC=CC=C(F)C#N)CC2)CC1. The molecule has 2 fully saturated rings. The molecule has 2 rings (SSSR count). The Bertz CT molecular complexity index is 491. The summed E-state index contributed by atoms with van der Waals surface area (Å²) in [4.78, 5) is 0. The van der Waals surface area contributed by atoms with E-state index in [1.165, 1.54) is 82.8 Å². The van der Waals surface area contributed by atoms with E-state index < -0.39 is 5.83 Å². The number of nitrogens with zero attached hydrogens (tertiary/aromatic N) is 1. The van der Waals surface area contributed by atoms with Crippen LogP contribution < -0.4 is 0 Å². The van der Waals surface area contributed by atoms with E-state index in [9.17, 15) is 4.39 Å². The lowest BCUT2D eigenvalue weighted by atomic mass is 9.80. The topological polar surface area (TPSA) is 33.0 Å². The molecule has 2 saturated carbocycles. The van der Waals surface area contributed by atoms with E-state index in [1.54, 1.807) is 6.08 Å². The molecule has 0 unspecified atom stereocenters. The van der Waals surface area contributed by atoms with Crippen molar-refractivity contribution in [3.05, 3.63) is 24.1 Å². The number of hydrogen-bond donors (Lipinski definition) is 0. The highest BCUT2D eigenvalue weighted by atomic mass is 19.1. The van der Waals surface area contributed by atoms with Crippen molar-refractivity contribution >= 4 is 0 Å². The summed E-state index contributed by atoms with van der Waals surface area (Å²) in [6, 6.07) is 1.48. The average molecular weight is 376 g/mol. The van der Waals surface area contributed by atoms with Crippen LogP contribution in [0, 0.1) is 29.1 Å². The summed E-state index contributed by atoms with van der Waals surface area (Å²) in [5.74, 6) is 1.83. The normalized spacial score (nSPS) is 29.7. The molecular weight excluding hydrogens is 337 g/mol. The molecule has 0 aromatic heterocycles. The third-order valence-electron chi connectivity index (χ3n) is 6.52. The Hall–Kier alpha value is -1.14. The predicted molar refractivity (Wildman–Crippen MR) is 110 cm³/mol. The molecule has 0 heterocycles. The van der Waals surface area contributed by atoms with Crippen LogP contribution in [-0.2, 0) is 4.74 Å². The second kappa shape index (κ2) is 13.1. The minimum atomic E-state index is -0.724. The van der Waals surface area contributed by atoms with Crippen LogP contribution in [0.25, 0.3) is 0 Å². The Morgan fingerprint density at radius 1 is 1.00 bits per heavy atom. The van der Waals surface area contributed by atoms with E-state index in [-0.39, 0.29) is 0 Å². The van der Waals surface area contributed by atoms with Gasteiger partial charge in [-0.1, -0.05) is 51.2 Å². The van der Waals surface area contributed by atoms with Crippen molar-refractivity contribution in [1.29, 1.82) is 5.26 Å². The summed E-state index contributed by atoms with van der Waals surface area (Å²) < 4.78 is 18.9. The van der Waals surface area contributed by atoms with Crippen molar-refractivity contribution < 1.29 is 9.13 Å². The second-order valence-corrected chi connectivity index (χ2v) is 8.64. The van der Waals surface area contributed by atoms with Gasteiger partial charge in [0, 0.05) is 6.61 Å². The number of rotatable bonds is 10. The largest absolute Gasteiger partial charge is 0.378 e. The highest BCUT2D eigenvalue weighted by Gasteiger charge is 2.24. The number of hydrogen-bond acceptors (Lipinski definition) is 2. The van der Waals surface area contributed by atoms with Crippen LogP contribution in [0.15, 0.2) is 24.1 Å². The maximum absolute atomic E-state index is 12.7. The van der Waals surface area contributed by atoms with Crippen molar-refractivity contribution in [2.75, 3.05) is 6.61 Å². The van der Waals surface area contributed by atoms with Crippen LogP contribution in [0.4, 0.5) is 4.39 Å². The van der Waals surface area contributed by atoms with Gasteiger partial charge in [0.1, 0.15) is 6.07 Å². The molecule has 0 atom stereocenters. The smallest absolute Gasteiger partial charge is 0.199 e. The quantitative estimate of drug-likeness (QED) is 0.297. The van der Waals surface area contributed by atoms with Crippen LogP contribution in [-0.4, -0.2) is 12.7 Å². The lowest BCUT2D eigenvalue weighted by Crippen LogP contribution is -2.26. The molecule has 0 bridgehead atoms. The minimum absolute atomic E-state index is 0.474. The molecule has 2 aliphatic rings. The fourth-order valence-corrected chi connectivity index (χ4v) is 4.66. The molecule has 0 aliphatic heterocycles. The first-order valence-corrected chi connectivity index (χ1v) is 11.2. The Kier molecular flexibility index (Phi) is 10.8. The molecule has 27 heavy (non-hydrogen) atoms. The molecule has 0 saturated heterocycles. The Morgan fingerprint density at radius 3 is 2.30 bits per heavy atom. The molecule has 0 spiro atoms. The molecule has 152 valence electrons. The second-order valence-electron chi connectivity index (χ2n) is 8.64. The van der Waals surface area contributed by atoms with Crippen molar-refractivity contribution in [1.82, 2.24) is 0 Å². The van der Waals surface area contributed by atoms with E-state index in [1.807, 2.05) is 6.08 Å². The van der Waals surface area contributed by atoms with Gasteiger partial charge in [-0.25, -0.2) is 0 Å². The fourth-order valence-electron chi connectivity index (χ4n) is 4.66. The lowest BCUT2D eigenvalue weighted by molar-refractivity contribution is -0.0102.